The number of benzene rings is 2. The van der Waals surface area contributed by atoms with Crippen LogP contribution < -0.4 is 10.1 Å². The summed E-state index contributed by atoms with van der Waals surface area (Å²) >= 11 is 0. The quantitative estimate of drug-likeness (QED) is 0.677. The van der Waals surface area contributed by atoms with Crippen molar-refractivity contribution < 1.29 is 23.5 Å². The number of ether oxygens (including phenoxy) is 2. The number of carbonyl (C=O) groups excluding carboxylic acids is 2. The molecule has 0 bridgehead atoms. The molecule has 3 rings (SSSR count). The maximum absolute atomic E-state index is 12.2. The normalized spacial score (nSPS) is 11.8. The molecule has 0 saturated heterocycles. The molecule has 1 amide bonds. The summed E-state index contributed by atoms with van der Waals surface area (Å²) in [5.74, 6) is -0.337. The fraction of sp³-hybridized carbons (Fsp3) is 0.200. The third-order valence-corrected chi connectivity index (χ3v) is 3.71. The summed E-state index contributed by atoms with van der Waals surface area (Å²) in [4.78, 5) is 24.4. The van der Waals surface area contributed by atoms with E-state index in [0.717, 1.165) is 11.1 Å². The number of amides is 1. The average Bonchev–Trinajstić information content (AvgIpc) is 3.08. The summed E-state index contributed by atoms with van der Waals surface area (Å²) in [6, 6.07) is 15.8. The zero-order chi connectivity index (χ0) is 18.5. The Balaban J connectivity index is 1.60. The fourth-order valence-electron chi connectivity index (χ4n) is 2.40. The zero-order valence-corrected chi connectivity index (χ0v) is 14.5. The van der Waals surface area contributed by atoms with Crippen LogP contribution in [0.2, 0.25) is 0 Å². The van der Waals surface area contributed by atoms with Gasteiger partial charge in [-0.3, -0.25) is 4.79 Å². The molecule has 1 atom stereocenters. The third kappa shape index (κ3) is 4.03. The first kappa shape index (κ1) is 17.5. The van der Waals surface area contributed by atoms with Crippen LogP contribution in [-0.2, 0) is 9.53 Å². The second-order valence-corrected chi connectivity index (χ2v) is 5.64. The highest BCUT2D eigenvalue weighted by molar-refractivity contribution is 5.98. The summed E-state index contributed by atoms with van der Waals surface area (Å²) in [7, 11) is 0. The largest absolute Gasteiger partial charge is 0.494 e. The molecule has 1 N–H and O–H groups in total. The number of nitrogens with one attached hydrogen (secondary N) is 1. The van der Waals surface area contributed by atoms with E-state index in [0.29, 0.717) is 17.9 Å². The number of anilines is 1. The van der Waals surface area contributed by atoms with Gasteiger partial charge in [0.05, 0.1) is 6.61 Å². The predicted octanol–water partition coefficient (Wildman–Crippen LogP) is 4.02. The zero-order valence-electron chi connectivity index (χ0n) is 14.5. The van der Waals surface area contributed by atoms with Crippen molar-refractivity contribution in [3.8, 4) is 5.75 Å². The fourth-order valence-corrected chi connectivity index (χ4v) is 2.40. The van der Waals surface area contributed by atoms with Crippen molar-refractivity contribution in [1.82, 2.24) is 0 Å². The Morgan fingerprint density at radius 1 is 1.12 bits per heavy atom. The maximum atomic E-state index is 12.2. The molecule has 1 unspecified atom stereocenters. The Bertz CT molecular complexity index is 880. The number of esters is 1. The van der Waals surface area contributed by atoms with Crippen molar-refractivity contribution in [3.63, 3.8) is 0 Å². The van der Waals surface area contributed by atoms with Crippen LogP contribution in [0.3, 0.4) is 0 Å². The molecule has 1 heterocycles. The van der Waals surface area contributed by atoms with Gasteiger partial charge in [0.15, 0.2) is 6.10 Å². The summed E-state index contributed by atoms with van der Waals surface area (Å²) in [6.45, 7) is 3.97. The lowest BCUT2D eigenvalue weighted by Gasteiger charge is -2.13. The molecule has 3 aromatic rings. The van der Waals surface area contributed by atoms with Crippen LogP contribution in [0.4, 0.5) is 5.69 Å². The lowest BCUT2D eigenvalue weighted by Crippen LogP contribution is -2.29. The topological polar surface area (TPSA) is 77.8 Å². The SMILES string of the molecule is CCOc1ccc(NC(=O)C(C)OC(=O)c2cc3ccccc3o2)cc1. The van der Waals surface area contributed by atoms with Gasteiger partial charge in [-0.25, -0.2) is 4.79 Å². The third-order valence-electron chi connectivity index (χ3n) is 3.71. The second-order valence-electron chi connectivity index (χ2n) is 5.64. The Labute approximate surface area is 150 Å². The molecule has 6 heteroatoms. The molecule has 0 spiro atoms. The van der Waals surface area contributed by atoms with Gasteiger partial charge in [-0.1, -0.05) is 18.2 Å². The first-order chi connectivity index (χ1) is 12.6. The van der Waals surface area contributed by atoms with Crippen molar-refractivity contribution in [2.45, 2.75) is 20.0 Å². The van der Waals surface area contributed by atoms with Crippen molar-refractivity contribution in [2.75, 3.05) is 11.9 Å². The van der Waals surface area contributed by atoms with Crippen LogP contribution in [0.5, 0.6) is 5.75 Å². The van der Waals surface area contributed by atoms with Crippen LogP contribution >= 0.6 is 0 Å². The average molecular weight is 353 g/mol. The molecule has 2 aromatic carbocycles. The van der Waals surface area contributed by atoms with E-state index in [1.54, 1.807) is 36.4 Å². The Kier molecular flexibility index (Phi) is 5.22. The number of hydrogen-bond donors (Lipinski definition) is 1. The lowest BCUT2D eigenvalue weighted by molar-refractivity contribution is -0.123. The van der Waals surface area contributed by atoms with E-state index < -0.39 is 18.0 Å². The predicted molar refractivity (Wildman–Crippen MR) is 97.3 cm³/mol. The first-order valence-electron chi connectivity index (χ1n) is 8.30. The molecule has 0 radical (unpaired) electrons. The molecular weight excluding hydrogens is 334 g/mol. The number of furan rings is 1. The van der Waals surface area contributed by atoms with Crippen molar-refractivity contribution in [2.24, 2.45) is 0 Å². The molecule has 0 aliphatic heterocycles. The van der Waals surface area contributed by atoms with Gasteiger partial charge in [-0.05, 0) is 50.2 Å². The molecule has 134 valence electrons. The molecule has 0 aliphatic rings. The van der Waals surface area contributed by atoms with Gasteiger partial charge in [0.25, 0.3) is 5.91 Å². The van der Waals surface area contributed by atoms with Gasteiger partial charge < -0.3 is 19.2 Å². The van der Waals surface area contributed by atoms with E-state index in [1.807, 2.05) is 25.1 Å². The summed E-state index contributed by atoms with van der Waals surface area (Å²) in [6.07, 6.45) is -0.970. The van der Waals surface area contributed by atoms with Gasteiger partial charge >= 0.3 is 5.97 Å². The van der Waals surface area contributed by atoms with E-state index in [9.17, 15) is 9.59 Å². The smallest absolute Gasteiger partial charge is 0.375 e. The minimum absolute atomic E-state index is 0.0620. The van der Waals surface area contributed by atoms with Gasteiger partial charge in [0.2, 0.25) is 5.76 Å². The summed E-state index contributed by atoms with van der Waals surface area (Å²) < 4.78 is 16.0. The number of hydrogen-bond acceptors (Lipinski definition) is 5. The van der Waals surface area contributed by atoms with E-state index >= 15 is 0 Å². The van der Waals surface area contributed by atoms with Crippen LogP contribution in [0.1, 0.15) is 24.4 Å². The minimum Gasteiger partial charge on any atom is -0.494 e. The Morgan fingerprint density at radius 2 is 1.85 bits per heavy atom. The van der Waals surface area contributed by atoms with Gasteiger partial charge in [0, 0.05) is 11.1 Å². The second kappa shape index (κ2) is 7.74. The minimum atomic E-state index is -0.970. The van der Waals surface area contributed by atoms with Crippen molar-refractivity contribution in [1.29, 1.82) is 0 Å². The Hall–Kier alpha value is -3.28. The molecule has 6 nitrogen and oxygen atoms in total. The van der Waals surface area contributed by atoms with E-state index in [1.165, 1.54) is 6.92 Å². The van der Waals surface area contributed by atoms with Crippen LogP contribution in [0.25, 0.3) is 11.0 Å². The molecule has 26 heavy (non-hydrogen) atoms. The maximum Gasteiger partial charge on any atom is 0.375 e. The van der Waals surface area contributed by atoms with E-state index in [4.69, 9.17) is 13.9 Å². The van der Waals surface area contributed by atoms with Crippen LogP contribution in [0.15, 0.2) is 59.0 Å². The van der Waals surface area contributed by atoms with E-state index in [2.05, 4.69) is 5.32 Å². The van der Waals surface area contributed by atoms with Crippen molar-refractivity contribution in [3.05, 3.63) is 60.4 Å². The lowest BCUT2D eigenvalue weighted by atomic mass is 10.2. The molecule has 0 aliphatic carbocycles. The monoisotopic (exact) mass is 353 g/mol. The number of carbonyl (C=O) groups is 2. The Morgan fingerprint density at radius 3 is 2.54 bits per heavy atom. The highest BCUT2D eigenvalue weighted by atomic mass is 16.6. The van der Waals surface area contributed by atoms with Crippen LogP contribution in [-0.4, -0.2) is 24.6 Å². The summed E-state index contributed by atoms with van der Waals surface area (Å²) in [5.41, 5.74) is 1.18. The van der Waals surface area contributed by atoms with Crippen LogP contribution in [0, 0.1) is 0 Å². The van der Waals surface area contributed by atoms with Gasteiger partial charge in [0.1, 0.15) is 11.3 Å². The van der Waals surface area contributed by atoms with Crippen molar-refractivity contribution >= 4 is 28.5 Å². The first-order valence-corrected chi connectivity index (χ1v) is 8.30. The van der Waals surface area contributed by atoms with Gasteiger partial charge in [-0.2, -0.15) is 0 Å². The molecule has 1 aromatic heterocycles. The van der Waals surface area contributed by atoms with E-state index in [-0.39, 0.29) is 5.76 Å². The number of para-hydroxylation sites is 1. The molecule has 0 fully saturated rings. The standard InChI is InChI=1S/C20H19NO5/c1-3-24-16-10-8-15(9-11-16)21-19(22)13(2)25-20(23)18-12-14-6-4-5-7-17(14)26-18/h4-13H,3H2,1-2H3,(H,21,22). The highest BCUT2D eigenvalue weighted by Gasteiger charge is 2.21. The number of fused-ring (bicyclic) bond motifs is 1. The number of rotatable bonds is 6. The molecular formula is C20H19NO5. The highest BCUT2D eigenvalue weighted by Crippen LogP contribution is 2.20. The van der Waals surface area contributed by atoms with Gasteiger partial charge in [-0.15, -0.1) is 0 Å². The molecule has 0 saturated carbocycles. The summed E-state index contributed by atoms with van der Waals surface area (Å²) in [5, 5.41) is 3.49.